The standard InChI is InChI=1S/C20H24N2O5S/c1-14-13-15(3-8-19(14)26-2)20(23)21-16-4-6-18(7-5-16)28(24,25)22-17-9-11-27-12-10-17/h3-8,13,17,22H,9-12H2,1-2H3,(H,21,23). The van der Waals surface area contributed by atoms with Gasteiger partial charge in [-0.3, -0.25) is 4.79 Å². The number of rotatable bonds is 6. The second kappa shape index (κ2) is 8.72. The van der Waals surface area contributed by atoms with E-state index < -0.39 is 10.0 Å². The molecule has 150 valence electrons. The summed E-state index contributed by atoms with van der Waals surface area (Å²) < 4.78 is 38.2. The summed E-state index contributed by atoms with van der Waals surface area (Å²) in [6.07, 6.45) is 1.32. The van der Waals surface area contributed by atoms with Crippen molar-refractivity contribution in [2.24, 2.45) is 0 Å². The third-order valence-corrected chi connectivity index (χ3v) is 6.16. The van der Waals surface area contributed by atoms with Gasteiger partial charge in [-0.25, -0.2) is 13.1 Å². The molecule has 0 saturated carbocycles. The molecule has 1 saturated heterocycles. The van der Waals surface area contributed by atoms with Gasteiger partial charge in [0.15, 0.2) is 0 Å². The van der Waals surface area contributed by atoms with Gasteiger partial charge in [-0.2, -0.15) is 0 Å². The molecule has 0 atom stereocenters. The first-order chi connectivity index (χ1) is 13.4. The zero-order valence-electron chi connectivity index (χ0n) is 15.9. The number of ether oxygens (including phenoxy) is 2. The zero-order valence-corrected chi connectivity index (χ0v) is 16.7. The number of anilines is 1. The van der Waals surface area contributed by atoms with E-state index in [0.717, 1.165) is 5.56 Å². The van der Waals surface area contributed by atoms with E-state index in [1.165, 1.54) is 12.1 Å². The summed E-state index contributed by atoms with van der Waals surface area (Å²) in [4.78, 5) is 12.6. The van der Waals surface area contributed by atoms with Crippen LogP contribution in [0.3, 0.4) is 0 Å². The number of carbonyl (C=O) groups is 1. The fraction of sp³-hybridized carbons (Fsp3) is 0.350. The normalized spacial score (nSPS) is 15.2. The molecule has 0 bridgehead atoms. The smallest absolute Gasteiger partial charge is 0.255 e. The van der Waals surface area contributed by atoms with Crippen LogP contribution >= 0.6 is 0 Å². The van der Waals surface area contributed by atoms with Crippen molar-refractivity contribution in [1.29, 1.82) is 0 Å². The molecule has 3 rings (SSSR count). The Labute approximate surface area is 165 Å². The van der Waals surface area contributed by atoms with E-state index in [4.69, 9.17) is 9.47 Å². The first-order valence-electron chi connectivity index (χ1n) is 9.05. The number of nitrogens with one attached hydrogen (secondary N) is 2. The number of hydrogen-bond acceptors (Lipinski definition) is 5. The summed E-state index contributed by atoms with van der Waals surface area (Å²) >= 11 is 0. The highest BCUT2D eigenvalue weighted by atomic mass is 32.2. The van der Waals surface area contributed by atoms with Crippen molar-refractivity contribution in [2.45, 2.75) is 30.7 Å². The lowest BCUT2D eigenvalue weighted by atomic mass is 10.1. The number of methoxy groups -OCH3 is 1. The van der Waals surface area contributed by atoms with Crippen LogP contribution in [0.5, 0.6) is 5.75 Å². The van der Waals surface area contributed by atoms with Crippen LogP contribution in [0, 0.1) is 6.92 Å². The van der Waals surface area contributed by atoms with Crippen LogP contribution in [0.4, 0.5) is 5.69 Å². The van der Waals surface area contributed by atoms with Crippen LogP contribution in [0.2, 0.25) is 0 Å². The molecule has 1 aliphatic rings. The molecule has 0 unspecified atom stereocenters. The summed E-state index contributed by atoms with van der Waals surface area (Å²) in [7, 11) is -2.02. The van der Waals surface area contributed by atoms with E-state index in [2.05, 4.69) is 10.0 Å². The Morgan fingerprint density at radius 1 is 1.11 bits per heavy atom. The van der Waals surface area contributed by atoms with Crippen LogP contribution in [0.15, 0.2) is 47.4 Å². The Kier molecular flexibility index (Phi) is 6.33. The van der Waals surface area contributed by atoms with Crippen LogP contribution in [-0.2, 0) is 14.8 Å². The minimum absolute atomic E-state index is 0.114. The Hall–Kier alpha value is -2.42. The van der Waals surface area contributed by atoms with Crippen molar-refractivity contribution in [2.75, 3.05) is 25.6 Å². The van der Waals surface area contributed by atoms with Crippen molar-refractivity contribution >= 4 is 21.6 Å². The van der Waals surface area contributed by atoms with Gasteiger partial charge < -0.3 is 14.8 Å². The van der Waals surface area contributed by atoms with Gasteiger partial charge in [-0.05, 0) is 67.8 Å². The monoisotopic (exact) mass is 404 g/mol. The van der Waals surface area contributed by atoms with Crippen LogP contribution in [0.25, 0.3) is 0 Å². The average Bonchev–Trinajstić information content (AvgIpc) is 2.68. The minimum atomic E-state index is -3.60. The number of benzene rings is 2. The highest BCUT2D eigenvalue weighted by molar-refractivity contribution is 7.89. The predicted molar refractivity (Wildman–Crippen MR) is 106 cm³/mol. The summed E-state index contributed by atoms with van der Waals surface area (Å²) in [6.45, 7) is 2.98. The summed E-state index contributed by atoms with van der Waals surface area (Å²) in [5.74, 6) is 0.435. The van der Waals surface area contributed by atoms with E-state index >= 15 is 0 Å². The number of carbonyl (C=O) groups excluding carboxylic acids is 1. The van der Waals surface area contributed by atoms with Crippen molar-refractivity contribution in [1.82, 2.24) is 4.72 Å². The quantitative estimate of drug-likeness (QED) is 0.772. The molecular formula is C20H24N2O5S. The molecule has 0 aliphatic carbocycles. The van der Waals surface area contributed by atoms with Gasteiger partial charge in [0.25, 0.3) is 5.91 Å². The molecule has 1 aliphatic heterocycles. The fourth-order valence-corrected chi connectivity index (χ4v) is 4.35. The third-order valence-electron chi connectivity index (χ3n) is 4.62. The maximum atomic E-state index is 12.5. The van der Waals surface area contributed by atoms with Crippen molar-refractivity contribution in [3.8, 4) is 5.75 Å². The lowest BCUT2D eigenvalue weighted by molar-refractivity contribution is 0.0832. The van der Waals surface area contributed by atoms with Crippen molar-refractivity contribution in [3.05, 3.63) is 53.6 Å². The largest absolute Gasteiger partial charge is 0.496 e. The molecule has 2 aromatic carbocycles. The summed E-state index contributed by atoms with van der Waals surface area (Å²) in [5, 5.41) is 2.77. The van der Waals surface area contributed by atoms with Crippen LogP contribution < -0.4 is 14.8 Å². The second-order valence-corrected chi connectivity index (χ2v) is 8.38. The maximum Gasteiger partial charge on any atom is 0.255 e. The number of aryl methyl sites for hydroxylation is 1. The Bertz CT molecular complexity index is 936. The molecule has 1 fully saturated rings. The molecule has 1 heterocycles. The lowest BCUT2D eigenvalue weighted by Gasteiger charge is -2.23. The van der Waals surface area contributed by atoms with Gasteiger partial charge in [-0.15, -0.1) is 0 Å². The van der Waals surface area contributed by atoms with Crippen LogP contribution in [0.1, 0.15) is 28.8 Å². The van der Waals surface area contributed by atoms with Gasteiger partial charge in [-0.1, -0.05) is 0 Å². The molecule has 0 aromatic heterocycles. The zero-order chi connectivity index (χ0) is 20.1. The predicted octanol–water partition coefficient (Wildman–Crippen LogP) is 2.71. The van der Waals surface area contributed by atoms with E-state index in [1.807, 2.05) is 6.92 Å². The number of amides is 1. The Balaban J connectivity index is 1.66. The first-order valence-corrected chi connectivity index (χ1v) is 10.5. The molecule has 2 aromatic rings. The molecule has 0 radical (unpaired) electrons. The van der Waals surface area contributed by atoms with Gasteiger partial charge in [0.05, 0.1) is 12.0 Å². The summed E-state index contributed by atoms with van der Waals surface area (Å²) in [6, 6.07) is 11.2. The fourth-order valence-electron chi connectivity index (χ4n) is 3.04. The van der Waals surface area contributed by atoms with E-state index in [-0.39, 0.29) is 16.8 Å². The summed E-state index contributed by atoms with van der Waals surface area (Å²) in [5.41, 5.74) is 1.87. The molecule has 2 N–H and O–H groups in total. The highest BCUT2D eigenvalue weighted by Crippen LogP contribution is 2.20. The van der Waals surface area contributed by atoms with E-state index in [0.29, 0.717) is 43.1 Å². The molecule has 8 heteroatoms. The molecule has 7 nitrogen and oxygen atoms in total. The Morgan fingerprint density at radius 3 is 2.39 bits per heavy atom. The SMILES string of the molecule is COc1ccc(C(=O)Nc2ccc(S(=O)(=O)NC3CCOCC3)cc2)cc1C. The van der Waals surface area contributed by atoms with Gasteiger partial charge in [0, 0.05) is 30.5 Å². The average molecular weight is 404 g/mol. The van der Waals surface area contributed by atoms with Crippen LogP contribution in [-0.4, -0.2) is 40.7 Å². The van der Waals surface area contributed by atoms with Gasteiger partial charge >= 0.3 is 0 Å². The first kappa shape index (κ1) is 20.3. The molecule has 0 spiro atoms. The minimum Gasteiger partial charge on any atom is -0.496 e. The van der Waals surface area contributed by atoms with Gasteiger partial charge in [0.1, 0.15) is 5.75 Å². The van der Waals surface area contributed by atoms with E-state index in [1.54, 1.807) is 37.4 Å². The van der Waals surface area contributed by atoms with Crippen molar-refractivity contribution in [3.63, 3.8) is 0 Å². The van der Waals surface area contributed by atoms with E-state index in [9.17, 15) is 13.2 Å². The van der Waals surface area contributed by atoms with Gasteiger partial charge in [0.2, 0.25) is 10.0 Å². The third kappa shape index (κ3) is 4.89. The molecule has 28 heavy (non-hydrogen) atoms. The highest BCUT2D eigenvalue weighted by Gasteiger charge is 2.22. The topological polar surface area (TPSA) is 93.7 Å². The Morgan fingerprint density at radius 2 is 1.79 bits per heavy atom. The lowest BCUT2D eigenvalue weighted by Crippen LogP contribution is -2.38. The second-order valence-electron chi connectivity index (χ2n) is 6.67. The van der Waals surface area contributed by atoms with Crippen molar-refractivity contribution < 1.29 is 22.7 Å². The maximum absolute atomic E-state index is 12.5. The molecular weight excluding hydrogens is 380 g/mol. The number of sulfonamides is 1. The number of hydrogen-bond donors (Lipinski definition) is 2. The molecule has 1 amide bonds.